The summed E-state index contributed by atoms with van der Waals surface area (Å²) in [7, 11) is 0. The number of rotatable bonds is 5. The minimum Gasteiger partial charge on any atom is -0.357 e. The molecule has 1 fully saturated rings. The van der Waals surface area contributed by atoms with Crippen molar-refractivity contribution in [3.63, 3.8) is 0 Å². The fourth-order valence-corrected chi connectivity index (χ4v) is 5.52. The summed E-state index contributed by atoms with van der Waals surface area (Å²) in [6, 6.07) is 15.3. The third-order valence-corrected chi connectivity index (χ3v) is 7.34. The molecule has 1 amide bonds. The second-order valence-electron chi connectivity index (χ2n) is 9.08. The van der Waals surface area contributed by atoms with Crippen molar-refractivity contribution in [1.29, 1.82) is 0 Å². The minimum atomic E-state index is 0.0166. The zero-order chi connectivity index (χ0) is 21.2. The molecule has 5 rings (SSSR count). The molecule has 2 aromatic carbocycles. The largest absolute Gasteiger partial charge is 0.357 e. The van der Waals surface area contributed by atoms with E-state index in [1.54, 1.807) is 0 Å². The number of carbonyl (C=O) groups excluding carboxylic acids is 1. The summed E-state index contributed by atoms with van der Waals surface area (Å²) in [6.07, 6.45) is 10.6. The molecule has 0 bridgehead atoms. The van der Waals surface area contributed by atoms with Crippen LogP contribution in [0.25, 0.3) is 10.9 Å². The van der Waals surface area contributed by atoms with Crippen molar-refractivity contribution in [1.82, 2.24) is 10.3 Å². The van der Waals surface area contributed by atoms with E-state index in [1.165, 1.54) is 67.1 Å². The Morgan fingerprint density at radius 3 is 2.61 bits per heavy atom. The van der Waals surface area contributed by atoms with Crippen molar-refractivity contribution in [2.45, 2.75) is 69.9 Å². The highest BCUT2D eigenvalue weighted by Crippen LogP contribution is 2.36. The monoisotopic (exact) mass is 479 g/mol. The summed E-state index contributed by atoms with van der Waals surface area (Å²) in [5.41, 5.74) is 5.85. The van der Waals surface area contributed by atoms with Gasteiger partial charge in [-0.15, -0.1) is 0 Å². The number of benzene rings is 2. The van der Waals surface area contributed by atoms with E-state index in [0.717, 1.165) is 22.1 Å². The van der Waals surface area contributed by atoms with E-state index >= 15 is 0 Å². The lowest BCUT2D eigenvalue weighted by atomic mass is 9.89. The maximum Gasteiger partial charge on any atom is 0.228 e. The summed E-state index contributed by atoms with van der Waals surface area (Å²) in [5, 5.41) is 8.30. The Hall–Kier alpha value is -2.11. The number of fused-ring (bicyclic) bond motifs is 3. The lowest BCUT2D eigenvalue weighted by molar-refractivity contribution is -0.115. The van der Waals surface area contributed by atoms with Gasteiger partial charge in [-0.05, 0) is 73.6 Å². The van der Waals surface area contributed by atoms with Gasteiger partial charge in [0.2, 0.25) is 5.91 Å². The number of amides is 1. The number of H-pyrrole nitrogens is 1. The maximum atomic E-state index is 12.6. The first-order chi connectivity index (χ1) is 15.2. The predicted octanol–water partition coefficient (Wildman–Crippen LogP) is 6.41. The quantitative estimate of drug-likeness (QED) is 0.395. The zero-order valence-corrected chi connectivity index (χ0v) is 19.4. The number of nitrogens with one attached hydrogen (secondary N) is 3. The van der Waals surface area contributed by atoms with Crippen molar-refractivity contribution in [3.05, 3.63) is 63.8 Å². The van der Waals surface area contributed by atoms with Crippen molar-refractivity contribution >= 4 is 38.4 Å². The highest BCUT2D eigenvalue weighted by Gasteiger charge is 2.27. The third kappa shape index (κ3) is 4.73. The average Bonchev–Trinajstić information content (AvgIpc) is 3.15. The molecule has 4 nitrogen and oxygen atoms in total. The third-order valence-electron chi connectivity index (χ3n) is 6.81. The first kappa shape index (κ1) is 20.8. The molecule has 1 atom stereocenters. The van der Waals surface area contributed by atoms with Crippen molar-refractivity contribution in [2.75, 3.05) is 5.32 Å². The van der Waals surface area contributed by atoms with Crippen molar-refractivity contribution in [3.8, 4) is 0 Å². The summed E-state index contributed by atoms with van der Waals surface area (Å²) >= 11 is 3.44. The van der Waals surface area contributed by atoms with Gasteiger partial charge in [0, 0.05) is 38.8 Å². The Kier molecular flexibility index (Phi) is 6.15. The van der Waals surface area contributed by atoms with Gasteiger partial charge in [0.25, 0.3) is 0 Å². The number of aromatic amines is 1. The van der Waals surface area contributed by atoms with Crippen LogP contribution < -0.4 is 10.6 Å². The average molecular weight is 480 g/mol. The minimum absolute atomic E-state index is 0.0166. The Morgan fingerprint density at radius 2 is 1.81 bits per heavy atom. The Morgan fingerprint density at radius 1 is 1.00 bits per heavy atom. The van der Waals surface area contributed by atoms with E-state index in [0.29, 0.717) is 18.5 Å². The predicted molar refractivity (Wildman–Crippen MR) is 130 cm³/mol. The Balaban J connectivity index is 1.32. The normalized spacial score (nSPS) is 19.3. The van der Waals surface area contributed by atoms with E-state index in [-0.39, 0.29) is 5.91 Å². The highest BCUT2D eigenvalue weighted by atomic mass is 79.9. The fraction of sp³-hybridized carbons (Fsp3) is 0.423. The van der Waals surface area contributed by atoms with E-state index < -0.39 is 0 Å². The molecule has 2 aliphatic carbocycles. The molecule has 1 heterocycles. The van der Waals surface area contributed by atoms with Gasteiger partial charge < -0.3 is 15.6 Å². The standard InChI is InChI=1S/C26H30BrN3O/c27-18-11-9-17(10-12-18)15-25(31)29-20-13-14-23-22(16-20)21-7-4-8-24(26(21)30-23)28-19-5-2-1-3-6-19/h9-14,16,19,24,28,30H,1-8,15H2,(H,29,31). The van der Waals surface area contributed by atoms with Crippen LogP contribution in [0, 0.1) is 0 Å². The molecular formula is C26H30BrN3O. The molecule has 5 heteroatoms. The molecule has 3 N–H and O–H groups in total. The summed E-state index contributed by atoms with van der Waals surface area (Å²) in [4.78, 5) is 16.3. The van der Waals surface area contributed by atoms with Crippen LogP contribution in [0.3, 0.4) is 0 Å². The summed E-state index contributed by atoms with van der Waals surface area (Å²) < 4.78 is 1.02. The first-order valence-corrected chi connectivity index (χ1v) is 12.4. The smallest absolute Gasteiger partial charge is 0.228 e. The Bertz CT molecular complexity index is 1070. The van der Waals surface area contributed by atoms with Crippen molar-refractivity contribution < 1.29 is 4.79 Å². The zero-order valence-electron chi connectivity index (χ0n) is 17.8. The SMILES string of the molecule is O=C(Cc1ccc(Br)cc1)Nc1ccc2[nH]c3c(c2c1)CCCC3NC1CCCCC1. The number of carbonyl (C=O) groups is 1. The van der Waals surface area contributed by atoms with Crippen LogP contribution in [-0.2, 0) is 17.6 Å². The van der Waals surface area contributed by atoms with Gasteiger partial charge in [-0.1, -0.05) is 47.3 Å². The molecule has 1 unspecified atom stereocenters. The number of aromatic nitrogens is 1. The molecule has 31 heavy (non-hydrogen) atoms. The fourth-order valence-electron chi connectivity index (χ4n) is 5.25. The molecule has 162 valence electrons. The molecule has 0 spiro atoms. The molecule has 0 radical (unpaired) electrons. The molecule has 1 saturated carbocycles. The summed E-state index contributed by atoms with van der Waals surface area (Å²) in [6.45, 7) is 0. The number of hydrogen-bond donors (Lipinski definition) is 3. The van der Waals surface area contributed by atoms with Crippen LogP contribution in [0.1, 0.15) is 67.8 Å². The van der Waals surface area contributed by atoms with Gasteiger partial charge in [-0.3, -0.25) is 4.79 Å². The van der Waals surface area contributed by atoms with Gasteiger partial charge in [-0.25, -0.2) is 0 Å². The van der Waals surface area contributed by atoms with E-state index in [1.807, 2.05) is 30.3 Å². The lowest BCUT2D eigenvalue weighted by Gasteiger charge is -2.31. The number of halogens is 1. The van der Waals surface area contributed by atoms with Gasteiger partial charge in [-0.2, -0.15) is 0 Å². The van der Waals surface area contributed by atoms with Gasteiger partial charge in [0.1, 0.15) is 0 Å². The van der Waals surface area contributed by atoms with Gasteiger partial charge >= 0.3 is 0 Å². The van der Waals surface area contributed by atoms with Gasteiger partial charge in [0.05, 0.1) is 6.42 Å². The lowest BCUT2D eigenvalue weighted by Crippen LogP contribution is -2.36. The molecule has 1 aromatic heterocycles. The molecule has 0 aliphatic heterocycles. The Labute approximate surface area is 192 Å². The maximum absolute atomic E-state index is 12.6. The van der Waals surface area contributed by atoms with Crippen LogP contribution in [0.2, 0.25) is 0 Å². The highest BCUT2D eigenvalue weighted by molar-refractivity contribution is 9.10. The van der Waals surface area contributed by atoms with Crippen molar-refractivity contribution in [2.24, 2.45) is 0 Å². The van der Waals surface area contributed by atoms with E-state index in [4.69, 9.17) is 0 Å². The van der Waals surface area contributed by atoms with E-state index in [9.17, 15) is 4.79 Å². The molecule has 3 aromatic rings. The second-order valence-corrected chi connectivity index (χ2v) is 9.99. The molecular weight excluding hydrogens is 450 g/mol. The summed E-state index contributed by atoms with van der Waals surface area (Å²) in [5.74, 6) is 0.0166. The van der Waals surface area contributed by atoms with Crippen LogP contribution in [-0.4, -0.2) is 16.9 Å². The van der Waals surface area contributed by atoms with Crippen LogP contribution in [0.15, 0.2) is 46.9 Å². The first-order valence-electron chi connectivity index (χ1n) is 11.6. The van der Waals surface area contributed by atoms with E-state index in [2.05, 4.69) is 43.7 Å². The topological polar surface area (TPSA) is 56.9 Å². The molecule has 0 saturated heterocycles. The second kappa shape index (κ2) is 9.17. The van der Waals surface area contributed by atoms with Crippen LogP contribution in [0.5, 0.6) is 0 Å². The van der Waals surface area contributed by atoms with Crippen LogP contribution >= 0.6 is 15.9 Å². The molecule has 2 aliphatic rings. The number of anilines is 1. The van der Waals surface area contributed by atoms with Crippen LogP contribution in [0.4, 0.5) is 5.69 Å². The number of aryl methyl sites for hydroxylation is 1. The van der Waals surface area contributed by atoms with Gasteiger partial charge in [0.15, 0.2) is 0 Å². The number of hydrogen-bond acceptors (Lipinski definition) is 2.